The Morgan fingerprint density at radius 1 is 1.25 bits per heavy atom. The van der Waals surface area contributed by atoms with Crippen LogP contribution in [0.2, 0.25) is 5.02 Å². The summed E-state index contributed by atoms with van der Waals surface area (Å²) in [7, 11) is 0. The van der Waals surface area contributed by atoms with Crippen molar-refractivity contribution in [2.75, 3.05) is 18.8 Å². The van der Waals surface area contributed by atoms with Gasteiger partial charge in [0.25, 0.3) is 0 Å². The fraction of sp³-hybridized carbons (Fsp3) is 0.444. The number of amides is 3. The maximum Gasteiger partial charge on any atom is 0.324 e. The highest BCUT2D eigenvalue weighted by molar-refractivity contribution is 7.99. The summed E-state index contributed by atoms with van der Waals surface area (Å²) in [5.41, 5.74) is 0. The molecule has 1 aliphatic heterocycles. The van der Waals surface area contributed by atoms with Crippen LogP contribution in [0.5, 0.6) is 5.75 Å². The number of nitrogens with zero attached hydrogens (tertiary/aromatic N) is 4. The molecule has 1 aliphatic carbocycles. The topological polar surface area (TPSA) is 89.3 Å². The number of carbonyl (C=O) groups excluding carboxylic acids is 2. The third-order valence-electron chi connectivity index (χ3n) is 4.53. The number of carbonyl (C=O) groups is 2. The molecule has 28 heavy (non-hydrogen) atoms. The second kappa shape index (κ2) is 8.40. The molecule has 0 unspecified atom stereocenters. The quantitative estimate of drug-likeness (QED) is 0.380. The average Bonchev–Trinajstić information content (AvgIpc) is 3.37. The molecule has 1 aromatic heterocycles. The van der Waals surface area contributed by atoms with Crippen LogP contribution in [0.15, 0.2) is 29.4 Å². The van der Waals surface area contributed by atoms with Crippen molar-refractivity contribution < 1.29 is 14.3 Å². The van der Waals surface area contributed by atoms with Crippen LogP contribution in [0.3, 0.4) is 0 Å². The van der Waals surface area contributed by atoms with E-state index >= 15 is 0 Å². The average molecular weight is 422 g/mol. The van der Waals surface area contributed by atoms with E-state index in [0.29, 0.717) is 36.4 Å². The molecule has 0 radical (unpaired) electrons. The number of rotatable bonds is 9. The number of benzene rings is 1. The highest BCUT2D eigenvalue weighted by Gasteiger charge is 2.30. The van der Waals surface area contributed by atoms with Crippen molar-refractivity contribution in [2.24, 2.45) is 0 Å². The molecule has 10 heteroatoms. The number of hydrogen-bond donors (Lipinski definition) is 1. The highest BCUT2D eigenvalue weighted by atomic mass is 35.5. The maximum atomic E-state index is 11.6. The van der Waals surface area contributed by atoms with Crippen LogP contribution in [0.4, 0.5) is 4.79 Å². The molecule has 2 fully saturated rings. The van der Waals surface area contributed by atoms with E-state index in [1.54, 1.807) is 17.8 Å². The lowest BCUT2D eigenvalue weighted by atomic mass is 10.3. The molecular weight excluding hydrogens is 402 g/mol. The summed E-state index contributed by atoms with van der Waals surface area (Å²) in [6, 6.07) is 7.44. The van der Waals surface area contributed by atoms with Crippen molar-refractivity contribution in [2.45, 2.75) is 37.1 Å². The fourth-order valence-electron chi connectivity index (χ4n) is 2.98. The summed E-state index contributed by atoms with van der Waals surface area (Å²) in [4.78, 5) is 24.4. The van der Waals surface area contributed by atoms with E-state index in [1.807, 2.05) is 18.2 Å². The van der Waals surface area contributed by atoms with Crippen LogP contribution in [0.1, 0.15) is 31.1 Å². The largest absolute Gasteiger partial charge is 0.484 e. The lowest BCUT2D eigenvalue weighted by molar-refractivity contribution is -0.124. The monoisotopic (exact) mass is 421 g/mol. The van der Waals surface area contributed by atoms with Gasteiger partial charge in [-0.3, -0.25) is 9.69 Å². The first-order chi connectivity index (χ1) is 13.6. The molecule has 148 valence electrons. The standard InChI is InChI=1S/C18H20ClN5O3S/c19-13-4-1-2-5-14(13)27-11-15-21-22-18(24(15)12-6-7-12)28-9-3-8-23-16(25)10-20-17(23)26/h1-2,4-5,12H,3,6-11H2,(H,20,26). The Balaban J connectivity index is 1.34. The number of halogens is 1. The van der Waals surface area contributed by atoms with Gasteiger partial charge >= 0.3 is 6.03 Å². The van der Waals surface area contributed by atoms with Crippen LogP contribution in [-0.4, -0.2) is 50.4 Å². The Morgan fingerprint density at radius 3 is 2.79 bits per heavy atom. The van der Waals surface area contributed by atoms with Gasteiger partial charge in [0.2, 0.25) is 5.91 Å². The molecule has 2 aliphatic rings. The molecule has 1 aromatic carbocycles. The van der Waals surface area contributed by atoms with Gasteiger partial charge in [0.15, 0.2) is 11.0 Å². The van der Waals surface area contributed by atoms with Gasteiger partial charge in [-0.25, -0.2) is 4.79 Å². The van der Waals surface area contributed by atoms with Gasteiger partial charge in [0.1, 0.15) is 12.4 Å². The molecular formula is C18H20ClN5O3S. The molecule has 3 amide bonds. The number of hydrogen-bond acceptors (Lipinski definition) is 6. The van der Waals surface area contributed by atoms with Crippen LogP contribution in [-0.2, 0) is 11.4 Å². The minimum atomic E-state index is -0.310. The van der Waals surface area contributed by atoms with Gasteiger partial charge in [-0.15, -0.1) is 10.2 Å². The maximum absolute atomic E-state index is 11.6. The van der Waals surface area contributed by atoms with Crippen molar-refractivity contribution in [3.05, 3.63) is 35.1 Å². The fourth-order valence-corrected chi connectivity index (χ4v) is 4.11. The number of nitrogens with one attached hydrogen (secondary N) is 1. The lowest BCUT2D eigenvalue weighted by Gasteiger charge is -2.12. The van der Waals surface area contributed by atoms with E-state index in [1.165, 1.54) is 4.90 Å². The normalized spacial score (nSPS) is 16.5. The molecule has 4 rings (SSSR count). The Labute approximate surface area is 171 Å². The molecule has 0 atom stereocenters. The van der Waals surface area contributed by atoms with Crippen LogP contribution in [0.25, 0.3) is 0 Å². The summed E-state index contributed by atoms with van der Waals surface area (Å²) in [6.07, 6.45) is 2.91. The molecule has 1 saturated heterocycles. The first kappa shape index (κ1) is 19.1. The lowest BCUT2D eigenvalue weighted by Crippen LogP contribution is -2.32. The Morgan fingerprint density at radius 2 is 2.07 bits per heavy atom. The molecule has 1 saturated carbocycles. The Bertz CT molecular complexity index is 870. The van der Waals surface area contributed by atoms with Gasteiger partial charge in [-0.05, 0) is 31.4 Å². The van der Waals surface area contributed by atoms with Gasteiger partial charge in [-0.2, -0.15) is 0 Å². The van der Waals surface area contributed by atoms with Crippen molar-refractivity contribution in [1.29, 1.82) is 0 Å². The SMILES string of the molecule is O=C1CNC(=O)N1CCCSc1nnc(COc2ccccc2Cl)n1C1CC1. The summed E-state index contributed by atoms with van der Waals surface area (Å²) in [6.45, 7) is 0.810. The van der Waals surface area contributed by atoms with Crippen LogP contribution in [0, 0.1) is 0 Å². The third-order valence-corrected chi connectivity index (χ3v) is 5.88. The zero-order chi connectivity index (χ0) is 19.5. The number of urea groups is 1. The Hall–Kier alpha value is -2.26. The van der Waals surface area contributed by atoms with Crippen LogP contribution >= 0.6 is 23.4 Å². The summed E-state index contributed by atoms with van der Waals surface area (Å²) >= 11 is 7.73. The smallest absolute Gasteiger partial charge is 0.324 e. The molecule has 2 aromatic rings. The minimum Gasteiger partial charge on any atom is -0.484 e. The summed E-state index contributed by atoms with van der Waals surface area (Å²) in [5.74, 6) is 1.97. The van der Waals surface area contributed by atoms with Crippen molar-refractivity contribution in [3.8, 4) is 5.75 Å². The molecule has 1 N–H and O–H groups in total. The summed E-state index contributed by atoms with van der Waals surface area (Å²) in [5, 5.41) is 12.5. The predicted octanol–water partition coefficient (Wildman–Crippen LogP) is 2.88. The second-order valence-electron chi connectivity index (χ2n) is 6.63. The number of aromatic nitrogens is 3. The van der Waals surface area contributed by atoms with Crippen molar-refractivity contribution >= 4 is 35.3 Å². The van der Waals surface area contributed by atoms with Crippen molar-refractivity contribution in [3.63, 3.8) is 0 Å². The van der Waals surface area contributed by atoms with Gasteiger partial charge in [-0.1, -0.05) is 35.5 Å². The van der Waals surface area contributed by atoms with E-state index in [0.717, 1.165) is 29.6 Å². The first-order valence-corrected chi connectivity index (χ1v) is 10.5. The number of imide groups is 1. The van der Waals surface area contributed by atoms with Crippen LogP contribution < -0.4 is 10.1 Å². The Kier molecular flexibility index (Phi) is 5.72. The number of ether oxygens (including phenoxy) is 1. The van der Waals surface area contributed by atoms with Gasteiger partial charge in [0.05, 0.1) is 11.6 Å². The predicted molar refractivity (Wildman–Crippen MR) is 105 cm³/mol. The molecule has 8 nitrogen and oxygen atoms in total. The first-order valence-electron chi connectivity index (χ1n) is 9.15. The number of thioether (sulfide) groups is 1. The number of para-hydroxylation sites is 1. The van der Waals surface area contributed by atoms with E-state index in [9.17, 15) is 9.59 Å². The molecule has 0 bridgehead atoms. The van der Waals surface area contributed by atoms with E-state index in [4.69, 9.17) is 16.3 Å². The van der Waals surface area contributed by atoms with Gasteiger partial charge in [0, 0.05) is 18.3 Å². The second-order valence-corrected chi connectivity index (χ2v) is 8.09. The summed E-state index contributed by atoms with van der Waals surface area (Å²) < 4.78 is 7.95. The molecule has 0 spiro atoms. The highest BCUT2D eigenvalue weighted by Crippen LogP contribution is 2.39. The van der Waals surface area contributed by atoms with Gasteiger partial charge < -0.3 is 14.6 Å². The zero-order valence-electron chi connectivity index (χ0n) is 15.1. The third kappa shape index (κ3) is 4.25. The van der Waals surface area contributed by atoms with E-state index < -0.39 is 0 Å². The van der Waals surface area contributed by atoms with E-state index in [2.05, 4.69) is 20.1 Å². The van der Waals surface area contributed by atoms with Crippen molar-refractivity contribution in [1.82, 2.24) is 25.0 Å². The van der Waals surface area contributed by atoms with E-state index in [-0.39, 0.29) is 18.5 Å². The molecule has 2 heterocycles. The zero-order valence-corrected chi connectivity index (χ0v) is 16.7. The minimum absolute atomic E-state index is 0.0940.